The predicted octanol–water partition coefficient (Wildman–Crippen LogP) is 6.59. The van der Waals surface area contributed by atoms with Gasteiger partial charge in [0.25, 0.3) is 11.8 Å². The van der Waals surface area contributed by atoms with Gasteiger partial charge in [-0.2, -0.15) is 0 Å². The first-order valence-electron chi connectivity index (χ1n) is 17.6. The molecule has 4 amide bonds. The Bertz CT molecular complexity index is 2220. The lowest BCUT2D eigenvalue weighted by atomic mass is 9.78. The van der Waals surface area contributed by atoms with Crippen LogP contribution in [0.15, 0.2) is 95.4 Å². The van der Waals surface area contributed by atoms with Crippen LogP contribution in [0.1, 0.15) is 77.3 Å². The minimum Gasteiger partial charge on any atom is -0.490 e. The van der Waals surface area contributed by atoms with Gasteiger partial charge < -0.3 is 19.2 Å². The Morgan fingerprint density at radius 2 is 1.42 bits per heavy atom. The van der Waals surface area contributed by atoms with Crippen LogP contribution >= 0.6 is 0 Å². The van der Waals surface area contributed by atoms with Crippen LogP contribution in [0.2, 0.25) is 0 Å². The van der Waals surface area contributed by atoms with Crippen LogP contribution in [0.25, 0.3) is 11.5 Å². The topological polar surface area (TPSA) is 153 Å². The van der Waals surface area contributed by atoms with Gasteiger partial charge in [-0.3, -0.25) is 29.4 Å². The lowest BCUT2D eigenvalue weighted by Gasteiger charge is -2.36. The molecule has 4 aromatic carbocycles. The summed E-state index contributed by atoms with van der Waals surface area (Å²) in [5.41, 5.74) is 4.10. The number of ether oxygens (including phenoxy) is 2. The number of aryl methyl sites for hydroxylation is 1. The van der Waals surface area contributed by atoms with Crippen LogP contribution in [0.4, 0.5) is 5.69 Å². The molecule has 1 atom stereocenters. The number of benzene rings is 4. The first-order chi connectivity index (χ1) is 25.5. The molecule has 8 rings (SSSR count). The SMILES string of the molecule is Cc1nnc(-c2ccc(Oc3ccc(C(C)(C)c4ccc(O[C@H]5C[C@H](Nc6ccc7c(c6)C(=O)N(C6CCC(=O)NC6=O)C7=O)C5)cc4)cc3)cc2)o1. The van der Waals surface area contributed by atoms with Gasteiger partial charge in [0.2, 0.25) is 23.6 Å². The average Bonchev–Trinajstić information content (AvgIpc) is 3.68. The molecule has 2 N–H and O–H groups in total. The fourth-order valence-corrected chi connectivity index (χ4v) is 7.04. The number of hydrogen-bond acceptors (Lipinski definition) is 10. The van der Waals surface area contributed by atoms with Crippen molar-refractivity contribution in [3.8, 4) is 28.7 Å². The Morgan fingerprint density at radius 3 is 2.04 bits per heavy atom. The van der Waals surface area contributed by atoms with E-state index in [0.717, 1.165) is 51.6 Å². The third-order valence-electron chi connectivity index (χ3n) is 10.2. The smallest absolute Gasteiger partial charge is 0.262 e. The summed E-state index contributed by atoms with van der Waals surface area (Å²) in [6.45, 7) is 6.13. The van der Waals surface area contributed by atoms with E-state index in [1.54, 1.807) is 25.1 Å². The Hall–Kier alpha value is -6.30. The minimum atomic E-state index is -0.987. The molecule has 1 aliphatic carbocycles. The fraction of sp³-hybridized carbons (Fsp3) is 0.268. The second kappa shape index (κ2) is 13.4. The molecule has 1 saturated heterocycles. The van der Waals surface area contributed by atoms with Crippen LogP contribution in [0.5, 0.6) is 17.2 Å². The van der Waals surface area contributed by atoms with Crippen LogP contribution in [-0.2, 0) is 15.0 Å². The average molecular weight is 712 g/mol. The number of piperidine rings is 1. The van der Waals surface area contributed by atoms with Crippen molar-refractivity contribution in [3.63, 3.8) is 0 Å². The third kappa shape index (κ3) is 6.63. The summed E-state index contributed by atoms with van der Waals surface area (Å²) in [5.74, 6) is 1.17. The van der Waals surface area contributed by atoms with Crippen molar-refractivity contribution in [2.45, 2.75) is 70.1 Å². The van der Waals surface area contributed by atoms with Gasteiger partial charge in [0.1, 0.15) is 29.4 Å². The summed E-state index contributed by atoms with van der Waals surface area (Å²) in [6.07, 6.45) is 1.79. The van der Waals surface area contributed by atoms with Crippen molar-refractivity contribution in [1.82, 2.24) is 20.4 Å². The molecule has 12 nitrogen and oxygen atoms in total. The molecule has 0 radical (unpaired) electrons. The Labute approximate surface area is 305 Å². The number of nitrogens with one attached hydrogen (secondary N) is 2. The number of nitrogens with zero attached hydrogens (tertiary/aromatic N) is 3. The quantitative estimate of drug-likeness (QED) is 0.152. The molecule has 12 heteroatoms. The Morgan fingerprint density at radius 1 is 0.792 bits per heavy atom. The van der Waals surface area contributed by atoms with E-state index in [-0.39, 0.29) is 41.5 Å². The third-order valence-corrected chi connectivity index (χ3v) is 10.2. The van der Waals surface area contributed by atoms with Gasteiger partial charge in [-0.05, 0) is 84.3 Å². The van der Waals surface area contributed by atoms with Gasteiger partial charge in [-0.15, -0.1) is 10.2 Å². The van der Waals surface area contributed by atoms with Gasteiger partial charge in [-0.25, -0.2) is 0 Å². The summed E-state index contributed by atoms with van der Waals surface area (Å²) in [6, 6.07) is 28.0. The highest BCUT2D eigenvalue weighted by molar-refractivity contribution is 6.23. The molecule has 3 aliphatic rings. The van der Waals surface area contributed by atoms with E-state index < -0.39 is 29.7 Å². The van der Waals surface area contributed by atoms with Gasteiger partial charge in [0.15, 0.2) is 0 Å². The zero-order valence-corrected chi connectivity index (χ0v) is 29.4. The molecule has 2 fully saturated rings. The van der Waals surface area contributed by atoms with E-state index in [0.29, 0.717) is 17.5 Å². The number of rotatable bonds is 10. The molecule has 0 spiro atoms. The largest absolute Gasteiger partial charge is 0.490 e. The molecular formula is C41H37N5O7. The number of fused-ring (bicyclic) bond motifs is 1. The van der Waals surface area contributed by atoms with Crippen molar-refractivity contribution in [2.75, 3.05) is 5.32 Å². The standard InChI is InChI=1S/C41H37N5O7/c1-23-44-45-38(51-23)24-4-11-29(12-5-24)52-30-13-6-25(7-14-30)41(2,3)26-8-15-31(16-9-26)53-32-20-28(21-32)42-27-10-17-33-34(22-27)40(50)46(39(33)49)35-18-19-36(47)43-37(35)48/h4-17,22,28,32,35,42H,18-21H2,1-3H3,(H,43,47,48)/t28-,32-,35?. The molecule has 53 heavy (non-hydrogen) atoms. The Kier molecular flexibility index (Phi) is 8.52. The maximum Gasteiger partial charge on any atom is 0.262 e. The lowest BCUT2D eigenvalue weighted by molar-refractivity contribution is -0.136. The summed E-state index contributed by atoms with van der Waals surface area (Å²) >= 11 is 0. The van der Waals surface area contributed by atoms with Crippen LogP contribution in [0.3, 0.4) is 0 Å². The van der Waals surface area contributed by atoms with Gasteiger partial charge in [0, 0.05) is 48.9 Å². The summed E-state index contributed by atoms with van der Waals surface area (Å²) in [5, 5.41) is 13.6. The molecule has 3 heterocycles. The highest BCUT2D eigenvalue weighted by Gasteiger charge is 2.45. The minimum absolute atomic E-state index is 0.0405. The second-order valence-electron chi connectivity index (χ2n) is 14.2. The summed E-state index contributed by atoms with van der Waals surface area (Å²) in [4.78, 5) is 51.1. The maximum absolute atomic E-state index is 13.2. The number of carbonyl (C=O) groups excluding carboxylic acids is 4. The maximum atomic E-state index is 13.2. The molecule has 1 saturated carbocycles. The van der Waals surface area contributed by atoms with E-state index in [4.69, 9.17) is 13.9 Å². The van der Waals surface area contributed by atoms with Crippen molar-refractivity contribution in [2.24, 2.45) is 0 Å². The van der Waals surface area contributed by atoms with Gasteiger partial charge in [-0.1, -0.05) is 38.1 Å². The van der Waals surface area contributed by atoms with Gasteiger partial charge in [0.05, 0.1) is 11.1 Å². The van der Waals surface area contributed by atoms with E-state index >= 15 is 0 Å². The molecule has 1 unspecified atom stereocenters. The summed E-state index contributed by atoms with van der Waals surface area (Å²) in [7, 11) is 0. The zero-order chi connectivity index (χ0) is 36.9. The number of imide groups is 2. The predicted molar refractivity (Wildman–Crippen MR) is 194 cm³/mol. The number of anilines is 1. The molecular weight excluding hydrogens is 674 g/mol. The van der Waals surface area contributed by atoms with Crippen molar-refractivity contribution in [3.05, 3.63) is 119 Å². The first kappa shape index (κ1) is 33.8. The van der Waals surface area contributed by atoms with E-state index in [2.05, 4.69) is 58.9 Å². The number of amides is 4. The van der Waals surface area contributed by atoms with E-state index in [1.165, 1.54) is 0 Å². The first-order valence-corrected chi connectivity index (χ1v) is 17.6. The monoisotopic (exact) mass is 711 g/mol. The van der Waals surface area contributed by atoms with Gasteiger partial charge >= 0.3 is 0 Å². The fourth-order valence-electron chi connectivity index (χ4n) is 7.04. The van der Waals surface area contributed by atoms with Crippen LogP contribution in [-0.4, -0.2) is 56.9 Å². The zero-order valence-electron chi connectivity index (χ0n) is 29.4. The van der Waals surface area contributed by atoms with E-state index in [9.17, 15) is 19.2 Å². The molecule has 5 aromatic rings. The van der Waals surface area contributed by atoms with Crippen LogP contribution < -0.4 is 20.1 Å². The van der Waals surface area contributed by atoms with Crippen molar-refractivity contribution < 1.29 is 33.1 Å². The highest BCUT2D eigenvalue weighted by Crippen LogP contribution is 2.36. The number of carbonyl (C=O) groups is 4. The van der Waals surface area contributed by atoms with Crippen LogP contribution in [0, 0.1) is 6.92 Å². The molecule has 0 bridgehead atoms. The van der Waals surface area contributed by atoms with E-state index in [1.807, 2.05) is 48.5 Å². The second-order valence-corrected chi connectivity index (χ2v) is 14.2. The Balaban J connectivity index is 0.829. The normalized spacial score (nSPS) is 19.8. The summed E-state index contributed by atoms with van der Waals surface area (Å²) < 4.78 is 17.8. The molecule has 2 aliphatic heterocycles. The highest BCUT2D eigenvalue weighted by atomic mass is 16.5. The lowest BCUT2D eigenvalue weighted by Crippen LogP contribution is -2.54. The molecule has 268 valence electrons. The van der Waals surface area contributed by atoms with Crippen molar-refractivity contribution in [1.29, 1.82) is 0 Å². The number of hydrogen-bond donors (Lipinski definition) is 2. The number of aromatic nitrogens is 2. The molecule has 1 aromatic heterocycles. The van der Waals surface area contributed by atoms with Crippen molar-refractivity contribution >= 4 is 29.3 Å².